The van der Waals surface area contributed by atoms with Crippen LogP contribution in [0.25, 0.3) is 17.2 Å². The summed E-state index contributed by atoms with van der Waals surface area (Å²) in [7, 11) is 2.09. The van der Waals surface area contributed by atoms with Gasteiger partial charge in [0.2, 0.25) is 5.72 Å². The monoisotopic (exact) mass is 467 g/mol. The van der Waals surface area contributed by atoms with Crippen LogP contribution in [0.15, 0.2) is 75.7 Å². The van der Waals surface area contributed by atoms with Crippen LogP contribution in [-0.2, 0) is 5.72 Å². The molecule has 4 heteroatoms. The lowest BCUT2D eigenvalue weighted by Gasteiger charge is -2.47. The molecule has 2 heterocycles. The molecule has 5 rings (SSSR count). The van der Waals surface area contributed by atoms with E-state index in [1.807, 2.05) is 6.07 Å². The minimum atomic E-state index is -0.672. The third-order valence-corrected chi connectivity index (χ3v) is 6.20. The van der Waals surface area contributed by atoms with Gasteiger partial charge in [0, 0.05) is 33.9 Å². The van der Waals surface area contributed by atoms with Crippen molar-refractivity contribution in [2.24, 2.45) is 0 Å². The van der Waals surface area contributed by atoms with E-state index >= 15 is 0 Å². The standard InChI is InChI=1S/C22H15Br2NO/c1-25-20-9-5-3-7-17(20)16-6-2-4-8-18(16)22(25)11-10-14-12-15(23)13-19(24)21(14)26-22/h2-13H,1H3/t22-/m0/s1. The summed E-state index contributed by atoms with van der Waals surface area (Å²) in [6, 6.07) is 21.1. The maximum Gasteiger partial charge on any atom is 0.229 e. The first-order valence-electron chi connectivity index (χ1n) is 8.40. The summed E-state index contributed by atoms with van der Waals surface area (Å²) in [6.45, 7) is 0. The van der Waals surface area contributed by atoms with Gasteiger partial charge >= 0.3 is 0 Å². The van der Waals surface area contributed by atoms with Crippen LogP contribution in [0.4, 0.5) is 5.69 Å². The molecule has 0 saturated carbocycles. The summed E-state index contributed by atoms with van der Waals surface area (Å²) >= 11 is 7.22. The molecule has 1 spiro atoms. The van der Waals surface area contributed by atoms with Crippen molar-refractivity contribution < 1.29 is 4.74 Å². The summed E-state index contributed by atoms with van der Waals surface area (Å²) in [5, 5.41) is 0. The van der Waals surface area contributed by atoms with Gasteiger partial charge in [0.25, 0.3) is 0 Å². The number of benzene rings is 3. The van der Waals surface area contributed by atoms with Crippen molar-refractivity contribution in [3.05, 3.63) is 86.8 Å². The predicted octanol–water partition coefficient (Wildman–Crippen LogP) is 6.59. The van der Waals surface area contributed by atoms with E-state index in [1.165, 1.54) is 11.1 Å². The van der Waals surface area contributed by atoms with Crippen LogP contribution < -0.4 is 9.64 Å². The predicted molar refractivity (Wildman–Crippen MR) is 113 cm³/mol. The lowest BCUT2D eigenvalue weighted by Crippen LogP contribution is -2.50. The summed E-state index contributed by atoms with van der Waals surface area (Å²) < 4.78 is 8.68. The molecule has 0 N–H and O–H groups in total. The smallest absolute Gasteiger partial charge is 0.229 e. The highest BCUT2D eigenvalue weighted by atomic mass is 79.9. The molecule has 0 bridgehead atoms. The molecule has 1 atom stereocenters. The van der Waals surface area contributed by atoms with Crippen LogP contribution in [0.2, 0.25) is 0 Å². The first-order valence-corrected chi connectivity index (χ1v) is 9.99. The number of anilines is 1. The number of fused-ring (bicyclic) bond motifs is 5. The summed E-state index contributed by atoms with van der Waals surface area (Å²) in [5.41, 5.74) is 5.14. The number of hydrogen-bond donors (Lipinski definition) is 0. The Labute approximate surface area is 169 Å². The van der Waals surface area contributed by atoms with Crippen LogP contribution in [-0.4, -0.2) is 7.05 Å². The second kappa shape index (κ2) is 5.73. The van der Waals surface area contributed by atoms with Crippen LogP contribution in [0.1, 0.15) is 11.1 Å². The Balaban J connectivity index is 1.78. The second-order valence-electron chi connectivity index (χ2n) is 6.56. The molecule has 3 aromatic rings. The lowest BCUT2D eigenvalue weighted by atomic mass is 9.84. The van der Waals surface area contributed by atoms with Gasteiger partial charge in [-0.25, -0.2) is 0 Å². The van der Waals surface area contributed by atoms with Crippen molar-refractivity contribution in [3.8, 4) is 16.9 Å². The van der Waals surface area contributed by atoms with E-state index in [1.54, 1.807) is 0 Å². The van der Waals surface area contributed by atoms with Gasteiger partial charge in [-0.15, -0.1) is 0 Å². The number of para-hydroxylation sites is 1. The average molecular weight is 469 g/mol. The van der Waals surface area contributed by atoms with Gasteiger partial charge in [-0.3, -0.25) is 0 Å². The van der Waals surface area contributed by atoms with E-state index in [9.17, 15) is 0 Å². The van der Waals surface area contributed by atoms with Crippen molar-refractivity contribution in [2.45, 2.75) is 5.72 Å². The quantitative estimate of drug-likeness (QED) is 0.369. The normalized spacial score (nSPS) is 19.6. The zero-order chi connectivity index (χ0) is 17.9. The van der Waals surface area contributed by atoms with Crippen molar-refractivity contribution >= 4 is 43.6 Å². The van der Waals surface area contributed by atoms with Crippen LogP contribution in [0, 0.1) is 0 Å². The molecule has 0 amide bonds. The number of rotatable bonds is 0. The number of ether oxygens (including phenoxy) is 1. The fourth-order valence-corrected chi connectivity index (χ4v) is 5.25. The molecule has 3 aromatic carbocycles. The number of halogens is 2. The van der Waals surface area contributed by atoms with Crippen molar-refractivity contribution in [1.82, 2.24) is 0 Å². The van der Waals surface area contributed by atoms with E-state index in [0.717, 1.165) is 31.5 Å². The summed E-state index contributed by atoms with van der Waals surface area (Å²) in [5.74, 6) is 0.858. The molecule has 128 valence electrons. The molecule has 0 unspecified atom stereocenters. The third kappa shape index (κ3) is 2.15. The molecule has 0 fully saturated rings. The van der Waals surface area contributed by atoms with Crippen LogP contribution in [0.3, 0.4) is 0 Å². The molecule has 0 aromatic heterocycles. The molecule has 26 heavy (non-hydrogen) atoms. The van der Waals surface area contributed by atoms with Gasteiger partial charge < -0.3 is 9.64 Å². The summed E-state index contributed by atoms with van der Waals surface area (Å²) in [6.07, 6.45) is 4.30. The fraction of sp³-hybridized carbons (Fsp3) is 0.0909. The maximum absolute atomic E-state index is 6.71. The molecule has 0 radical (unpaired) electrons. The zero-order valence-corrected chi connectivity index (χ0v) is 17.2. The SMILES string of the molecule is CN1c2ccccc2-c2ccccc2[C@@]12C=Cc1cc(Br)cc(Br)c1O2. The van der Waals surface area contributed by atoms with E-state index in [-0.39, 0.29) is 0 Å². The molecule has 0 saturated heterocycles. The zero-order valence-electron chi connectivity index (χ0n) is 14.0. The van der Waals surface area contributed by atoms with E-state index in [2.05, 4.69) is 111 Å². The largest absolute Gasteiger partial charge is 0.458 e. The van der Waals surface area contributed by atoms with Gasteiger partial charge in [-0.2, -0.15) is 0 Å². The van der Waals surface area contributed by atoms with Crippen molar-refractivity contribution in [1.29, 1.82) is 0 Å². The van der Waals surface area contributed by atoms with Gasteiger partial charge in [0.1, 0.15) is 5.75 Å². The Hall–Kier alpha value is -2.04. The molecule has 2 aliphatic heterocycles. The molecule has 2 nitrogen and oxygen atoms in total. The molecular formula is C22H15Br2NO. The number of nitrogens with zero attached hydrogens (tertiary/aromatic N) is 1. The van der Waals surface area contributed by atoms with Crippen LogP contribution in [0.5, 0.6) is 5.75 Å². The maximum atomic E-state index is 6.71. The van der Waals surface area contributed by atoms with Crippen molar-refractivity contribution in [3.63, 3.8) is 0 Å². The molecule has 2 aliphatic rings. The highest BCUT2D eigenvalue weighted by Gasteiger charge is 2.45. The van der Waals surface area contributed by atoms with Gasteiger partial charge in [0.15, 0.2) is 0 Å². The Morgan fingerprint density at radius 3 is 2.50 bits per heavy atom. The van der Waals surface area contributed by atoms with E-state index in [4.69, 9.17) is 4.74 Å². The summed E-state index contributed by atoms with van der Waals surface area (Å²) in [4.78, 5) is 2.22. The fourth-order valence-electron chi connectivity index (χ4n) is 3.91. The van der Waals surface area contributed by atoms with Gasteiger partial charge in [-0.1, -0.05) is 58.4 Å². The van der Waals surface area contributed by atoms with E-state index in [0.29, 0.717) is 0 Å². The third-order valence-electron chi connectivity index (χ3n) is 5.15. The van der Waals surface area contributed by atoms with Gasteiger partial charge in [-0.05, 0) is 51.8 Å². The van der Waals surface area contributed by atoms with Crippen LogP contribution >= 0.6 is 31.9 Å². The highest BCUT2D eigenvalue weighted by molar-refractivity contribution is 9.11. The molecule has 0 aliphatic carbocycles. The Morgan fingerprint density at radius 1 is 0.923 bits per heavy atom. The Kier molecular flexibility index (Phi) is 3.56. The number of hydrogen-bond acceptors (Lipinski definition) is 2. The highest BCUT2D eigenvalue weighted by Crippen LogP contribution is 2.51. The number of likely N-dealkylation sites (N-methyl/N-ethyl adjacent to an activating group) is 1. The lowest BCUT2D eigenvalue weighted by molar-refractivity contribution is 0.115. The van der Waals surface area contributed by atoms with Crippen molar-refractivity contribution in [2.75, 3.05) is 11.9 Å². The average Bonchev–Trinajstić information content (AvgIpc) is 2.67. The minimum Gasteiger partial charge on any atom is -0.458 e. The minimum absolute atomic E-state index is 0.672. The topological polar surface area (TPSA) is 12.5 Å². The Morgan fingerprint density at radius 2 is 1.65 bits per heavy atom. The molecular weight excluding hydrogens is 454 g/mol. The Bertz CT molecular complexity index is 1080. The first-order chi connectivity index (χ1) is 12.6. The first kappa shape index (κ1) is 16.2. The second-order valence-corrected chi connectivity index (χ2v) is 8.33. The van der Waals surface area contributed by atoms with E-state index < -0.39 is 5.72 Å². The van der Waals surface area contributed by atoms with Gasteiger partial charge in [0.05, 0.1) is 4.47 Å².